The van der Waals surface area contributed by atoms with E-state index in [1.807, 2.05) is 17.0 Å². The second-order valence-corrected chi connectivity index (χ2v) is 9.69. The van der Waals surface area contributed by atoms with E-state index < -0.39 is 10.0 Å². The Balaban J connectivity index is 1.41. The van der Waals surface area contributed by atoms with Gasteiger partial charge in [0.25, 0.3) is 10.0 Å². The number of piperidine rings is 1. The Morgan fingerprint density at radius 3 is 2.61 bits per heavy atom. The Hall–Kier alpha value is -2.19. The van der Waals surface area contributed by atoms with Gasteiger partial charge in [0, 0.05) is 32.4 Å². The Bertz CT molecular complexity index is 961. The Labute approximate surface area is 166 Å². The number of hydrogen-bond acceptors (Lipinski definition) is 4. The fraction of sp³-hybridized carbons (Fsp3) is 0.500. The third-order valence-corrected chi connectivity index (χ3v) is 7.54. The van der Waals surface area contributed by atoms with Gasteiger partial charge in [-0.15, -0.1) is 0 Å². The molecule has 0 aliphatic carbocycles. The number of imidazole rings is 1. The highest BCUT2D eigenvalue weighted by atomic mass is 32.2. The number of carbonyl (C=O) groups excluding carboxylic acids is 1. The molecule has 2 aliphatic heterocycles. The molecule has 1 saturated heterocycles. The lowest BCUT2D eigenvalue weighted by atomic mass is 10.00. The lowest BCUT2D eigenvalue weighted by Gasteiger charge is -2.29. The van der Waals surface area contributed by atoms with E-state index in [1.165, 1.54) is 28.0 Å². The molecular formula is C20H26N4O3S. The topological polar surface area (TPSA) is 75.5 Å². The van der Waals surface area contributed by atoms with E-state index >= 15 is 0 Å². The van der Waals surface area contributed by atoms with Crippen LogP contribution in [0.3, 0.4) is 0 Å². The third kappa shape index (κ3) is 3.84. The number of fused-ring (bicyclic) bond motifs is 1. The van der Waals surface area contributed by atoms with Crippen molar-refractivity contribution >= 4 is 15.9 Å². The summed E-state index contributed by atoms with van der Waals surface area (Å²) in [5.74, 6) is 0.527. The van der Waals surface area contributed by atoms with Crippen LogP contribution in [0.5, 0.6) is 0 Å². The van der Waals surface area contributed by atoms with Gasteiger partial charge in [-0.2, -0.15) is 4.31 Å². The number of rotatable bonds is 4. The zero-order valence-electron chi connectivity index (χ0n) is 16.1. The highest BCUT2D eigenvalue weighted by Crippen LogP contribution is 2.23. The van der Waals surface area contributed by atoms with Gasteiger partial charge in [-0.3, -0.25) is 4.79 Å². The molecule has 0 N–H and O–H groups in total. The zero-order valence-corrected chi connectivity index (χ0v) is 16.9. The smallest absolute Gasteiger partial charge is 0.262 e. The Morgan fingerprint density at radius 1 is 1.14 bits per heavy atom. The average Bonchev–Trinajstić information content (AvgIpc) is 3.17. The minimum absolute atomic E-state index is 0.0253. The van der Waals surface area contributed by atoms with E-state index in [2.05, 4.69) is 24.0 Å². The van der Waals surface area contributed by atoms with Gasteiger partial charge in [-0.1, -0.05) is 31.2 Å². The highest BCUT2D eigenvalue weighted by Gasteiger charge is 2.30. The van der Waals surface area contributed by atoms with Crippen LogP contribution in [0.15, 0.2) is 41.8 Å². The summed E-state index contributed by atoms with van der Waals surface area (Å²) in [6.07, 6.45) is 5.50. The minimum Gasteiger partial charge on any atom is -0.336 e. The Kier molecular flexibility index (Phi) is 5.25. The second kappa shape index (κ2) is 7.67. The van der Waals surface area contributed by atoms with Crippen LogP contribution in [0, 0.1) is 5.92 Å². The molecular weight excluding hydrogens is 376 g/mol. The normalized spacial score (nSPS) is 18.8. The van der Waals surface area contributed by atoms with Crippen LogP contribution in [0.25, 0.3) is 0 Å². The lowest BCUT2D eigenvalue weighted by Crippen LogP contribution is -2.38. The molecule has 0 atom stereocenters. The molecule has 0 unspecified atom stereocenters. The maximum atomic E-state index is 12.8. The largest absolute Gasteiger partial charge is 0.336 e. The number of carbonyl (C=O) groups is 1. The monoisotopic (exact) mass is 402 g/mol. The number of nitrogens with zero attached hydrogens (tertiary/aromatic N) is 4. The van der Waals surface area contributed by atoms with E-state index in [0.29, 0.717) is 32.1 Å². The molecule has 7 nitrogen and oxygen atoms in total. The molecule has 3 heterocycles. The summed E-state index contributed by atoms with van der Waals surface area (Å²) in [6.45, 7) is 4.58. The van der Waals surface area contributed by atoms with Gasteiger partial charge >= 0.3 is 0 Å². The number of amides is 1. The molecule has 0 bridgehead atoms. The van der Waals surface area contributed by atoms with Gasteiger partial charge in [0.2, 0.25) is 5.91 Å². The molecule has 1 amide bonds. The van der Waals surface area contributed by atoms with Gasteiger partial charge in [-0.25, -0.2) is 13.4 Å². The van der Waals surface area contributed by atoms with E-state index in [-0.39, 0.29) is 17.5 Å². The molecule has 150 valence electrons. The van der Waals surface area contributed by atoms with E-state index in [4.69, 9.17) is 0 Å². The van der Waals surface area contributed by atoms with Crippen molar-refractivity contribution in [3.05, 3.63) is 47.9 Å². The van der Waals surface area contributed by atoms with Gasteiger partial charge in [0.1, 0.15) is 6.54 Å². The SMILES string of the molecule is CC1CCN(S(=O)(=O)c2cn(CC(=O)N3CCc4ccccc4C3)cn2)CC1. The fourth-order valence-corrected chi connectivity index (χ4v) is 5.29. The summed E-state index contributed by atoms with van der Waals surface area (Å²) in [6, 6.07) is 8.16. The van der Waals surface area contributed by atoms with Crippen LogP contribution in [0.2, 0.25) is 0 Å². The molecule has 2 aromatic rings. The van der Waals surface area contributed by atoms with E-state index in [9.17, 15) is 13.2 Å². The highest BCUT2D eigenvalue weighted by molar-refractivity contribution is 7.89. The first-order valence-corrected chi connectivity index (χ1v) is 11.2. The quantitative estimate of drug-likeness (QED) is 0.783. The molecule has 1 fully saturated rings. The van der Waals surface area contributed by atoms with Crippen molar-refractivity contribution in [2.24, 2.45) is 5.92 Å². The first-order chi connectivity index (χ1) is 13.4. The van der Waals surface area contributed by atoms with Crippen molar-refractivity contribution in [1.29, 1.82) is 0 Å². The molecule has 8 heteroatoms. The third-order valence-electron chi connectivity index (χ3n) is 5.76. The molecule has 1 aromatic heterocycles. The van der Waals surface area contributed by atoms with Crippen molar-refractivity contribution in [2.45, 2.75) is 44.3 Å². The van der Waals surface area contributed by atoms with Gasteiger partial charge in [0.05, 0.1) is 6.33 Å². The van der Waals surface area contributed by atoms with Crippen LogP contribution in [-0.2, 0) is 34.3 Å². The molecule has 28 heavy (non-hydrogen) atoms. The predicted molar refractivity (Wildman–Crippen MR) is 105 cm³/mol. The second-order valence-electron chi connectivity index (χ2n) is 7.80. The number of benzene rings is 1. The maximum absolute atomic E-state index is 12.8. The number of sulfonamides is 1. The van der Waals surface area contributed by atoms with Crippen molar-refractivity contribution in [3.8, 4) is 0 Å². The molecule has 0 spiro atoms. The van der Waals surface area contributed by atoms with Crippen LogP contribution in [0.1, 0.15) is 30.9 Å². The minimum atomic E-state index is -3.59. The molecule has 4 rings (SSSR count). The average molecular weight is 403 g/mol. The van der Waals surface area contributed by atoms with Crippen molar-refractivity contribution < 1.29 is 13.2 Å². The number of aromatic nitrogens is 2. The molecule has 0 radical (unpaired) electrons. The standard InChI is InChI=1S/C20H26N4O3S/c1-16-6-10-24(11-7-16)28(26,27)19-13-22(15-21-19)14-20(25)23-9-8-17-4-2-3-5-18(17)12-23/h2-5,13,15-16H,6-12,14H2,1H3. The zero-order chi connectivity index (χ0) is 19.7. The first kappa shape index (κ1) is 19.1. The molecule has 2 aliphatic rings. The van der Waals surface area contributed by atoms with Gasteiger partial charge in [-0.05, 0) is 36.3 Å². The fourth-order valence-electron chi connectivity index (χ4n) is 3.88. The summed E-state index contributed by atoms with van der Waals surface area (Å²) < 4.78 is 28.6. The summed E-state index contributed by atoms with van der Waals surface area (Å²) in [5, 5.41) is 0.0267. The summed E-state index contributed by atoms with van der Waals surface area (Å²) in [7, 11) is -3.59. The van der Waals surface area contributed by atoms with Crippen LogP contribution in [-0.4, -0.2) is 52.7 Å². The Morgan fingerprint density at radius 2 is 1.86 bits per heavy atom. The van der Waals surface area contributed by atoms with Gasteiger partial charge < -0.3 is 9.47 Å². The van der Waals surface area contributed by atoms with E-state index in [1.54, 1.807) is 4.57 Å². The predicted octanol–water partition coefficient (Wildman–Crippen LogP) is 1.89. The molecule has 0 saturated carbocycles. The van der Waals surface area contributed by atoms with Crippen molar-refractivity contribution in [3.63, 3.8) is 0 Å². The number of hydrogen-bond donors (Lipinski definition) is 0. The lowest BCUT2D eigenvalue weighted by molar-refractivity contribution is -0.132. The van der Waals surface area contributed by atoms with Crippen LogP contribution < -0.4 is 0 Å². The van der Waals surface area contributed by atoms with Crippen molar-refractivity contribution in [2.75, 3.05) is 19.6 Å². The van der Waals surface area contributed by atoms with Crippen LogP contribution in [0.4, 0.5) is 0 Å². The van der Waals surface area contributed by atoms with Gasteiger partial charge in [0.15, 0.2) is 5.03 Å². The first-order valence-electron chi connectivity index (χ1n) is 9.80. The van der Waals surface area contributed by atoms with Crippen molar-refractivity contribution in [1.82, 2.24) is 18.8 Å². The molecule has 1 aromatic carbocycles. The summed E-state index contributed by atoms with van der Waals surface area (Å²) in [4.78, 5) is 18.6. The van der Waals surface area contributed by atoms with Crippen LogP contribution >= 0.6 is 0 Å². The maximum Gasteiger partial charge on any atom is 0.262 e. The summed E-state index contributed by atoms with van der Waals surface area (Å²) >= 11 is 0. The summed E-state index contributed by atoms with van der Waals surface area (Å²) in [5.41, 5.74) is 2.47. The van der Waals surface area contributed by atoms with E-state index in [0.717, 1.165) is 19.3 Å².